The summed E-state index contributed by atoms with van der Waals surface area (Å²) in [5.41, 5.74) is 4.30. The molecule has 2 N–H and O–H groups in total. The van der Waals surface area contributed by atoms with Crippen LogP contribution in [0.2, 0.25) is 0 Å². The Hall–Kier alpha value is -3.28. The fourth-order valence-corrected chi connectivity index (χ4v) is 4.41. The Morgan fingerprint density at radius 3 is 2.75 bits per heavy atom. The molecule has 0 radical (unpaired) electrons. The third-order valence-electron chi connectivity index (χ3n) is 5.23. The number of nitrogens with one attached hydrogen (secondary N) is 2. The summed E-state index contributed by atoms with van der Waals surface area (Å²) in [5, 5.41) is 6.42. The van der Waals surface area contributed by atoms with Crippen molar-refractivity contribution >= 4 is 34.8 Å². The minimum atomic E-state index is -4.62. The Labute approximate surface area is 184 Å². The van der Waals surface area contributed by atoms with E-state index in [1.165, 1.54) is 0 Å². The minimum absolute atomic E-state index is 0.00409. The van der Waals surface area contributed by atoms with E-state index < -0.39 is 23.1 Å². The van der Waals surface area contributed by atoms with Gasteiger partial charge in [-0.3, -0.25) is 14.4 Å². The van der Waals surface area contributed by atoms with Crippen molar-refractivity contribution in [3.8, 4) is 0 Å². The Bertz CT molecular complexity index is 1100. The zero-order chi connectivity index (χ0) is 22.9. The molecule has 168 valence electrons. The van der Waals surface area contributed by atoms with Crippen LogP contribution in [0, 0.1) is 0 Å². The number of fused-ring (bicyclic) bond motifs is 1. The first-order valence-electron chi connectivity index (χ1n) is 9.75. The lowest BCUT2D eigenvalue weighted by Crippen LogP contribution is -2.45. The van der Waals surface area contributed by atoms with Gasteiger partial charge >= 0.3 is 6.18 Å². The van der Waals surface area contributed by atoms with Crippen molar-refractivity contribution in [3.63, 3.8) is 0 Å². The van der Waals surface area contributed by atoms with E-state index in [-0.39, 0.29) is 36.9 Å². The van der Waals surface area contributed by atoms with Crippen molar-refractivity contribution in [3.05, 3.63) is 51.5 Å². The average molecular weight is 465 g/mol. The predicted octanol–water partition coefficient (Wildman–Crippen LogP) is 2.28. The molecule has 1 atom stereocenters. The number of aromatic nitrogens is 1. The molecule has 4 rings (SSSR count). The number of benzene rings is 1. The summed E-state index contributed by atoms with van der Waals surface area (Å²) in [6.07, 6.45) is -3.97. The molecular formula is C20H18F3N5O3S. The lowest BCUT2D eigenvalue weighted by Gasteiger charge is -2.37. The van der Waals surface area contributed by atoms with E-state index in [0.717, 1.165) is 16.5 Å². The molecule has 1 unspecified atom stereocenters. The van der Waals surface area contributed by atoms with Crippen molar-refractivity contribution < 1.29 is 27.6 Å². The molecule has 0 saturated carbocycles. The highest BCUT2D eigenvalue weighted by atomic mass is 32.1. The summed E-state index contributed by atoms with van der Waals surface area (Å²) in [6, 6.07) is 6.98. The van der Waals surface area contributed by atoms with E-state index in [1.807, 2.05) is 24.3 Å². The number of alkyl halides is 3. The summed E-state index contributed by atoms with van der Waals surface area (Å²) in [5.74, 6) is -1.27. The number of hydrazone groups is 1. The summed E-state index contributed by atoms with van der Waals surface area (Å²) in [4.78, 5) is 41.7. The molecule has 1 aromatic heterocycles. The molecule has 32 heavy (non-hydrogen) atoms. The second kappa shape index (κ2) is 8.69. The summed E-state index contributed by atoms with van der Waals surface area (Å²) < 4.78 is 38.3. The largest absolute Gasteiger partial charge is 0.443 e. The van der Waals surface area contributed by atoms with Gasteiger partial charge in [-0.15, -0.1) is 11.3 Å². The SMILES string of the molecule is O=C1CC(CC(=O)N2CCc3ccccc3C2CNC(=O)c2csc(C(F)(F)F)n2)=NN1. The minimum Gasteiger partial charge on any atom is -0.348 e. The quantitative estimate of drug-likeness (QED) is 0.707. The molecule has 3 amide bonds. The summed E-state index contributed by atoms with van der Waals surface area (Å²) >= 11 is 0.350. The average Bonchev–Trinajstić information content (AvgIpc) is 3.41. The summed E-state index contributed by atoms with van der Waals surface area (Å²) in [7, 11) is 0. The van der Waals surface area contributed by atoms with E-state index in [9.17, 15) is 27.6 Å². The molecule has 0 saturated heterocycles. The Balaban J connectivity index is 1.50. The molecule has 12 heteroatoms. The van der Waals surface area contributed by atoms with Crippen LogP contribution in [0.5, 0.6) is 0 Å². The van der Waals surface area contributed by atoms with Crippen LogP contribution in [0.1, 0.15) is 45.5 Å². The zero-order valence-electron chi connectivity index (χ0n) is 16.6. The number of rotatable bonds is 5. The van der Waals surface area contributed by atoms with Crippen LogP contribution in [0.25, 0.3) is 0 Å². The fraction of sp³-hybridized carbons (Fsp3) is 0.350. The van der Waals surface area contributed by atoms with Crippen molar-refractivity contribution in [1.29, 1.82) is 0 Å². The van der Waals surface area contributed by atoms with Gasteiger partial charge in [0.05, 0.1) is 24.6 Å². The standard InChI is InChI=1S/C20H18F3N5O3S/c21-20(22,23)19-25-14(10-32-19)18(31)24-9-15-13-4-2-1-3-11(13)5-6-28(15)17(30)8-12-7-16(29)27-26-12/h1-4,10,15H,5-9H2,(H,24,31)(H,27,29). The molecular weight excluding hydrogens is 447 g/mol. The van der Waals surface area contributed by atoms with Crippen LogP contribution in [0.3, 0.4) is 0 Å². The zero-order valence-corrected chi connectivity index (χ0v) is 17.4. The van der Waals surface area contributed by atoms with Crippen molar-refractivity contribution in [2.75, 3.05) is 13.1 Å². The van der Waals surface area contributed by atoms with Gasteiger partial charge in [0.25, 0.3) is 5.91 Å². The van der Waals surface area contributed by atoms with Crippen molar-refractivity contribution in [2.24, 2.45) is 5.10 Å². The van der Waals surface area contributed by atoms with Gasteiger partial charge in [-0.05, 0) is 17.5 Å². The predicted molar refractivity (Wildman–Crippen MR) is 109 cm³/mol. The number of hydrogen-bond acceptors (Lipinski definition) is 6. The first-order chi connectivity index (χ1) is 15.2. The number of amides is 3. The lowest BCUT2D eigenvalue weighted by atomic mass is 9.92. The maximum atomic E-state index is 13.0. The number of thiazole rings is 1. The number of carbonyl (C=O) groups is 3. The third-order valence-corrected chi connectivity index (χ3v) is 6.11. The Morgan fingerprint density at radius 2 is 2.06 bits per heavy atom. The highest BCUT2D eigenvalue weighted by molar-refractivity contribution is 7.09. The van der Waals surface area contributed by atoms with E-state index in [1.54, 1.807) is 4.90 Å². The van der Waals surface area contributed by atoms with Gasteiger partial charge in [-0.25, -0.2) is 10.4 Å². The topological polar surface area (TPSA) is 104 Å². The Morgan fingerprint density at radius 1 is 1.28 bits per heavy atom. The van der Waals surface area contributed by atoms with Gasteiger partial charge in [0.2, 0.25) is 11.8 Å². The van der Waals surface area contributed by atoms with Crippen LogP contribution in [0.15, 0.2) is 34.7 Å². The molecule has 0 spiro atoms. The lowest BCUT2D eigenvalue weighted by molar-refractivity contribution is -0.137. The van der Waals surface area contributed by atoms with Gasteiger partial charge in [0.15, 0.2) is 5.01 Å². The van der Waals surface area contributed by atoms with Crippen LogP contribution in [0.4, 0.5) is 13.2 Å². The number of carbonyl (C=O) groups excluding carboxylic acids is 3. The van der Waals surface area contributed by atoms with Crippen molar-refractivity contribution in [2.45, 2.75) is 31.5 Å². The number of nitrogens with zero attached hydrogens (tertiary/aromatic N) is 3. The molecule has 0 fully saturated rings. The van der Waals surface area contributed by atoms with E-state index in [0.29, 0.717) is 30.0 Å². The fourth-order valence-electron chi connectivity index (χ4n) is 3.74. The molecule has 8 nitrogen and oxygen atoms in total. The first kappa shape index (κ1) is 21.9. The van der Waals surface area contributed by atoms with E-state index >= 15 is 0 Å². The first-order valence-corrected chi connectivity index (χ1v) is 10.6. The molecule has 3 heterocycles. The van der Waals surface area contributed by atoms with Gasteiger partial charge in [0, 0.05) is 18.5 Å². The van der Waals surface area contributed by atoms with E-state index in [4.69, 9.17) is 0 Å². The molecule has 2 aliphatic heterocycles. The maximum Gasteiger partial charge on any atom is 0.443 e. The van der Waals surface area contributed by atoms with Gasteiger partial charge in [-0.2, -0.15) is 18.3 Å². The summed E-state index contributed by atoms with van der Waals surface area (Å²) in [6.45, 7) is 0.407. The third kappa shape index (κ3) is 4.64. The molecule has 2 aromatic rings. The number of hydrogen-bond donors (Lipinski definition) is 2. The van der Waals surface area contributed by atoms with Crippen LogP contribution < -0.4 is 10.7 Å². The molecule has 1 aromatic carbocycles. The number of halogens is 3. The Kier molecular flexibility index (Phi) is 5.96. The van der Waals surface area contributed by atoms with Crippen LogP contribution in [-0.2, 0) is 22.2 Å². The van der Waals surface area contributed by atoms with E-state index in [2.05, 4.69) is 20.8 Å². The van der Waals surface area contributed by atoms with Crippen LogP contribution >= 0.6 is 11.3 Å². The molecule has 0 aliphatic carbocycles. The normalized spacial score (nSPS) is 18.1. The maximum absolute atomic E-state index is 13.0. The second-order valence-corrected chi connectivity index (χ2v) is 8.22. The van der Waals surface area contributed by atoms with Gasteiger partial charge in [-0.1, -0.05) is 24.3 Å². The monoisotopic (exact) mass is 465 g/mol. The second-order valence-electron chi connectivity index (χ2n) is 7.36. The molecule has 0 bridgehead atoms. The highest BCUT2D eigenvalue weighted by Gasteiger charge is 2.36. The van der Waals surface area contributed by atoms with Crippen LogP contribution in [-0.4, -0.2) is 46.4 Å². The van der Waals surface area contributed by atoms with Crippen molar-refractivity contribution in [1.82, 2.24) is 20.6 Å². The van der Waals surface area contributed by atoms with Gasteiger partial charge < -0.3 is 10.2 Å². The smallest absolute Gasteiger partial charge is 0.348 e. The molecule has 2 aliphatic rings. The van der Waals surface area contributed by atoms with Gasteiger partial charge in [0.1, 0.15) is 5.69 Å². The highest BCUT2D eigenvalue weighted by Crippen LogP contribution is 2.32.